The van der Waals surface area contributed by atoms with E-state index in [9.17, 15) is 4.79 Å². The lowest BCUT2D eigenvalue weighted by molar-refractivity contribution is 0.251. The minimum Gasteiger partial charge on any atom is -0.308 e. The number of hydrogen-bond donors (Lipinski definition) is 0. The Balaban J connectivity index is 2.02. The molecule has 0 N–H and O–H groups in total. The van der Waals surface area contributed by atoms with Crippen molar-refractivity contribution in [1.82, 2.24) is 4.90 Å². The van der Waals surface area contributed by atoms with Crippen LogP contribution in [0.3, 0.4) is 0 Å². The van der Waals surface area contributed by atoms with Crippen molar-refractivity contribution in [2.24, 2.45) is 0 Å². The Hall–Kier alpha value is -2.27. The van der Waals surface area contributed by atoms with Gasteiger partial charge < -0.3 is 4.90 Å². The summed E-state index contributed by atoms with van der Waals surface area (Å²) in [4.78, 5) is 18.9. The Morgan fingerprint density at radius 2 is 1.50 bits per heavy atom. The topological polar surface area (TPSA) is 26.8 Å². The molecule has 0 radical (unpaired) electrons. The van der Waals surface area contributed by atoms with Crippen LogP contribution in [0.2, 0.25) is 10.0 Å². The van der Waals surface area contributed by atoms with Gasteiger partial charge in [0.2, 0.25) is 0 Å². The molecule has 0 atom stereocenters. The van der Waals surface area contributed by atoms with Gasteiger partial charge in [0, 0.05) is 41.3 Å². The highest BCUT2D eigenvalue weighted by molar-refractivity contribution is 6.35. The van der Waals surface area contributed by atoms with Gasteiger partial charge in [-0.1, -0.05) is 59.6 Å². The molecule has 4 nitrogen and oxygen atoms in total. The van der Waals surface area contributed by atoms with Gasteiger partial charge in [0.25, 0.3) is 0 Å². The Labute approximate surface area is 175 Å². The zero-order valence-corrected chi connectivity index (χ0v) is 17.7. The molecule has 0 aliphatic heterocycles. The summed E-state index contributed by atoms with van der Waals surface area (Å²) in [7, 11) is 5.72. The molecule has 0 saturated heterocycles. The molecule has 0 aliphatic carbocycles. The number of benzene rings is 3. The number of urea groups is 1. The normalized spacial score (nSPS) is 11.1. The maximum absolute atomic E-state index is 13.5. The number of rotatable bonds is 5. The minimum absolute atomic E-state index is 0.142. The summed E-state index contributed by atoms with van der Waals surface area (Å²) in [5, 5.41) is 3.12. The summed E-state index contributed by atoms with van der Waals surface area (Å²) < 4.78 is 0. The number of amides is 2. The highest BCUT2D eigenvalue weighted by Gasteiger charge is 2.23. The lowest BCUT2D eigenvalue weighted by Gasteiger charge is -2.30. The van der Waals surface area contributed by atoms with Gasteiger partial charge in [-0.15, -0.1) is 0 Å². The molecule has 0 fully saturated rings. The summed E-state index contributed by atoms with van der Waals surface area (Å²) >= 11 is 12.3. The fourth-order valence-corrected chi connectivity index (χ4v) is 3.60. The predicted molar refractivity (Wildman–Crippen MR) is 120 cm³/mol. The lowest BCUT2D eigenvalue weighted by Crippen LogP contribution is -2.44. The van der Waals surface area contributed by atoms with E-state index in [1.807, 2.05) is 56.6 Å². The monoisotopic (exact) mass is 415 g/mol. The Bertz CT molecular complexity index is 965. The second-order valence-electron chi connectivity index (χ2n) is 6.92. The number of anilines is 2. The molecule has 0 spiro atoms. The van der Waals surface area contributed by atoms with Crippen LogP contribution in [-0.2, 0) is 0 Å². The second kappa shape index (κ2) is 8.82. The molecule has 0 bridgehead atoms. The Kier molecular flexibility index (Phi) is 6.45. The van der Waals surface area contributed by atoms with Crippen LogP contribution < -0.4 is 9.80 Å². The average Bonchev–Trinajstić information content (AvgIpc) is 2.66. The van der Waals surface area contributed by atoms with Gasteiger partial charge in [0.05, 0.1) is 5.69 Å². The third kappa shape index (κ3) is 4.58. The first-order valence-electron chi connectivity index (χ1n) is 9.00. The van der Waals surface area contributed by atoms with Gasteiger partial charge in [-0.25, -0.2) is 4.79 Å². The first kappa shape index (κ1) is 20.5. The summed E-state index contributed by atoms with van der Waals surface area (Å²) in [6.07, 6.45) is 0. The van der Waals surface area contributed by atoms with Gasteiger partial charge in [0.1, 0.15) is 0 Å². The first-order chi connectivity index (χ1) is 13.4. The quantitative estimate of drug-likeness (QED) is 0.528. The molecular weight excluding hydrogens is 393 g/mol. The van der Waals surface area contributed by atoms with Crippen LogP contribution in [0.15, 0.2) is 60.7 Å². The molecule has 3 rings (SSSR count). The number of likely N-dealkylation sites (N-methyl/N-ethyl adjacent to an activating group) is 1. The van der Waals surface area contributed by atoms with Crippen LogP contribution in [0.5, 0.6) is 0 Å². The molecule has 0 aliphatic rings. The minimum atomic E-state index is -0.142. The van der Waals surface area contributed by atoms with E-state index in [4.69, 9.17) is 23.2 Å². The van der Waals surface area contributed by atoms with E-state index in [-0.39, 0.29) is 6.03 Å². The summed E-state index contributed by atoms with van der Waals surface area (Å²) in [6, 6.07) is 19.1. The highest BCUT2D eigenvalue weighted by Crippen LogP contribution is 2.30. The molecular formula is C22H23Cl2N3O. The zero-order valence-electron chi connectivity index (χ0n) is 16.2. The molecule has 3 aromatic carbocycles. The van der Waals surface area contributed by atoms with Crippen molar-refractivity contribution in [3.63, 3.8) is 0 Å². The third-order valence-corrected chi connectivity index (χ3v) is 5.02. The van der Waals surface area contributed by atoms with Crippen molar-refractivity contribution in [1.29, 1.82) is 0 Å². The van der Waals surface area contributed by atoms with Gasteiger partial charge >= 0.3 is 6.03 Å². The van der Waals surface area contributed by atoms with E-state index < -0.39 is 0 Å². The molecule has 6 heteroatoms. The number of carbonyl (C=O) groups is 1. The third-order valence-electron chi connectivity index (χ3n) is 4.58. The molecule has 0 saturated carbocycles. The van der Waals surface area contributed by atoms with Crippen molar-refractivity contribution in [2.45, 2.75) is 0 Å². The van der Waals surface area contributed by atoms with Gasteiger partial charge in [-0.2, -0.15) is 0 Å². The van der Waals surface area contributed by atoms with Crippen LogP contribution in [-0.4, -0.2) is 45.2 Å². The Morgan fingerprint density at radius 3 is 2.18 bits per heavy atom. The Morgan fingerprint density at radius 1 is 0.857 bits per heavy atom. The lowest BCUT2D eigenvalue weighted by atomic mass is 10.1. The van der Waals surface area contributed by atoms with Crippen LogP contribution in [0, 0.1) is 0 Å². The van der Waals surface area contributed by atoms with Crippen molar-refractivity contribution < 1.29 is 4.79 Å². The predicted octanol–water partition coefficient (Wildman–Crippen LogP) is 5.77. The van der Waals surface area contributed by atoms with E-state index in [0.29, 0.717) is 22.3 Å². The molecule has 0 unspecified atom stereocenters. The van der Waals surface area contributed by atoms with E-state index in [2.05, 4.69) is 4.90 Å². The van der Waals surface area contributed by atoms with Crippen molar-refractivity contribution >= 4 is 51.4 Å². The molecule has 2 amide bonds. The SMILES string of the molecule is CN(C)CCN(C(=O)N(C)c1cc(Cl)cc(Cl)c1)c1cccc2ccccc12. The van der Waals surface area contributed by atoms with Crippen LogP contribution in [0.25, 0.3) is 10.8 Å². The van der Waals surface area contributed by atoms with Crippen LogP contribution in [0.1, 0.15) is 0 Å². The molecule has 146 valence electrons. The van der Waals surface area contributed by atoms with E-state index >= 15 is 0 Å². The average molecular weight is 416 g/mol. The van der Waals surface area contributed by atoms with Crippen molar-refractivity contribution in [2.75, 3.05) is 44.0 Å². The number of carbonyl (C=O) groups excluding carboxylic acids is 1. The van der Waals surface area contributed by atoms with Gasteiger partial charge in [-0.05, 0) is 43.7 Å². The molecule has 28 heavy (non-hydrogen) atoms. The maximum Gasteiger partial charge on any atom is 0.328 e. The first-order valence-corrected chi connectivity index (χ1v) is 9.76. The van der Waals surface area contributed by atoms with Crippen LogP contribution >= 0.6 is 23.2 Å². The number of nitrogens with zero attached hydrogens (tertiary/aromatic N) is 3. The fraction of sp³-hybridized carbons (Fsp3) is 0.227. The smallest absolute Gasteiger partial charge is 0.308 e. The van der Waals surface area contributed by atoms with Crippen molar-refractivity contribution in [3.05, 3.63) is 70.7 Å². The highest BCUT2D eigenvalue weighted by atomic mass is 35.5. The van der Waals surface area contributed by atoms with E-state index in [1.54, 1.807) is 35.0 Å². The fourth-order valence-electron chi connectivity index (χ4n) is 3.09. The van der Waals surface area contributed by atoms with Gasteiger partial charge in [-0.3, -0.25) is 9.80 Å². The maximum atomic E-state index is 13.5. The number of hydrogen-bond acceptors (Lipinski definition) is 2. The standard InChI is InChI=1S/C22H23Cl2N3O/c1-25(2)11-12-27(21-10-6-8-16-7-4-5-9-20(16)21)22(28)26(3)19-14-17(23)13-18(24)15-19/h4-10,13-15H,11-12H2,1-3H3. The summed E-state index contributed by atoms with van der Waals surface area (Å²) in [5.74, 6) is 0. The molecule has 3 aromatic rings. The molecule has 0 heterocycles. The van der Waals surface area contributed by atoms with Crippen molar-refractivity contribution in [3.8, 4) is 0 Å². The largest absolute Gasteiger partial charge is 0.328 e. The van der Waals surface area contributed by atoms with Gasteiger partial charge in [0.15, 0.2) is 0 Å². The van der Waals surface area contributed by atoms with E-state index in [1.165, 1.54) is 0 Å². The summed E-state index contributed by atoms with van der Waals surface area (Å²) in [5.41, 5.74) is 1.53. The molecule has 0 aromatic heterocycles. The number of fused-ring (bicyclic) bond motifs is 1. The van der Waals surface area contributed by atoms with E-state index in [0.717, 1.165) is 23.0 Å². The number of halogens is 2. The zero-order chi connectivity index (χ0) is 20.3. The summed E-state index contributed by atoms with van der Waals surface area (Å²) in [6.45, 7) is 1.29. The van der Waals surface area contributed by atoms with Crippen LogP contribution in [0.4, 0.5) is 16.2 Å². The second-order valence-corrected chi connectivity index (χ2v) is 7.80.